The van der Waals surface area contributed by atoms with Gasteiger partial charge in [0.25, 0.3) is 0 Å². The molecule has 0 aliphatic heterocycles. The minimum absolute atomic E-state index is 0.217. The smallest absolute Gasteiger partial charge is 0.0645 e. The highest BCUT2D eigenvalue weighted by molar-refractivity contribution is 5.08. The SMILES string of the molecule is CCCCOCCn1cccc1CC(C)N. The number of nitrogens with two attached hydrogens (primary N) is 1. The molecule has 1 unspecified atom stereocenters. The van der Waals surface area contributed by atoms with Crippen LogP contribution in [0.25, 0.3) is 0 Å². The number of aromatic nitrogens is 1. The Labute approximate surface area is 98.6 Å². The van der Waals surface area contributed by atoms with E-state index in [2.05, 4.69) is 29.8 Å². The van der Waals surface area contributed by atoms with Crippen molar-refractivity contribution >= 4 is 0 Å². The highest BCUT2D eigenvalue weighted by atomic mass is 16.5. The van der Waals surface area contributed by atoms with Gasteiger partial charge in [-0.05, 0) is 25.5 Å². The largest absolute Gasteiger partial charge is 0.380 e. The Morgan fingerprint density at radius 3 is 2.94 bits per heavy atom. The van der Waals surface area contributed by atoms with E-state index in [0.29, 0.717) is 0 Å². The minimum Gasteiger partial charge on any atom is -0.380 e. The summed E-state index contributed by atoms with van der Waals surface area (Å²) in [6.07, 6.45) is 5.38. The van der Waals surface area contributed by atoms with Gasteiger partial charge in [-0.3, -0.25) is 0 Å². The standard InChI is InChI=1S/C13H24N2O/c1-3-4-9-16-10-8-15-7-5-6-13(15)11-12(2)14/h5-7,12H,3-4,8-11,14H2,1-2H3. The van der Waals surface area contributed by atoms with Crippen molar-refractivity contribution in [2.24, 2.45) is 5.73 Å². The summed E-state index contributed by atoms with van der Waals surface area (Å²) >= 11 is 0. The van der Waals surface area contributed by atoms with Gasteiger partial charge in [0.2, 0.25) is 0 Å². The third kappa shape index (κ3) is 4.81. The molecule has 92 valence electrons. The lowest BCUT2D eigenvalue weighted by Gasteiger charge is -2.11. The van der Waals surface area contributed by atoms with Gasteiger partial charge >= 0.3 is 0 Å². The molecule has 3 nitrogen and oxygen atoms in total. The van der Waals surface area contributed by atoms with E-state index < -0.39 is 0 Å². The van der Waals surface area contributed by atoms with Crippen molar-refractivity contribution in [2.75, 3.05) is 13.2 Å². The fraction of sp³-hybridized carbons (Fsp3) is 0.692. The average Bonchev–Trinajstić information content (AvgIpc) is 2.64. The second-order valence-corrected chi connectivity index (χ2v) is 4.34. The molecule has 1 aromatic heterocycles. The highest BCUT2D eigenvalue weighted by Gasteiger charge is 2.03. The Morgan fingerprint density at radius 1 is 1.44 bits per heavy atom. The molecular formula is C13H24N2O. The lowest BCUT2D eigenvalue weighted by molar-refractivity contribution is 0.123. The van der Waals surface area contributed by atoms with Crippen LogP contribution < -0.4 is 5.73 Å². The molecule has 1 aromatic rings. The molecule has 1 rings (SSSR count). The number of hydrogen-bond acceptors (Lipinski definition) is 2. The van der Waals surface area contributed by atoms with Crippen molar-refractivity contribution in [2.45, 2.75) is 45.7 Å². The maximum atomic E-state index is 5.80. The van der Waals surface area contributed by atoms with Gasteiger partial charge in [-0.2, -0.15) is 0 Å². The molecule has 0 saturated heterocycles. The van der Waals surface area contributed by atoms with E-state index in [4.69, 9.17) is 10.5 Å². The number of unbranched alkanes of at least 4 members (excludes halogenated alkanes) is 1. The van der Waals surface area contributed by atoms with Crippen LogP contribution in [0.2, 0.25) is 0 Å². The summed E-state index contributed by atoms with van der Waals surface area (Å²) in [6, 6.07) is 4.42. The molecule has 2 N–H and O–H groups in total. The number of nitrogens with zero attached hydrogens (tertiary/aromatic N) is 1. The number of hydrogen-bond donors (Lipinski definition) is 1. The molecule has 0 saturated carbocycles. The molecule has 0 amide bonds. The van der Waals surface area contributed by atoms with Crippen LogP contribution in [0.3, 0.4) is 0 Å². The lowest BCUT2D eigenvalue weighted by atomic mass is 10.2. The zero-order valence-electron chi connectivity index (χ0n) is 10.5. The Balaban J connectivity index is 2.27. The first-order valence-corrected chi connectivity index (χ1v) is 6.21. The molecule has 0 spiro atoms. The van der Waals surface area contributed by atoms with Crippen molar-refractivity contribution in [3.8, 4) is 0 Å². The second-order valence-electron chi connectivity index (χ2n) is 4.34. The normalized spacial score (nSPS) is 12.9. The molecule has 0 aliphatic rings. The second kappa shape index (κ2) is 7.47. The van der Waals surface area contributed by atoms with Crippen LogP contribution in [-0.4, -0.2) is 23.8 Å². The molecule has 16 heavy (non-hydrogen) atoms. The van der Waals surface area contributed by atoms with E-state index in [0.717, 1.165) is 32.6 Å². The molecule has 1 atom stereocenters. The zero-order chi connectivity index (χ0) is 11.8. The third-order valence-corrected chi connectivity index (χ3v) is 2.57. The van der Waals surface area contributed by atoms with E-state index in [1.165, 1.54) is 12.1 Å². The summed E-state index contributed by atoms with van der Waals surface area (Å²) in [4.78, 5) is 0. The van der Waals surface area contributed by atoms with Gasteiger partial charge in [0.1, 0.15) is 0 Å². The molecule has 0 aliphatic carbocycles. The van der Waals surface area contributed by atoms with E-state index in [9.17, 15) is 0 Å². The summed E-state index contributed by atoms with van der Waals surface area (Å²) in [5.74, 6) is 0. The van der Waals surface area contributed by atoms with Crippen molar-refractivity contribution in [1.29, 1.82) is 0 Å². The Bertz CT molecular complexity index is 281. The van der Waals surface area contributed by atoms with Crippen LogP contribution in [-0.2, 0) is 17.7 Å². The third-order valence-electron chi connectivity index (χ3n) is 2.57. The molecule has 0 bridgehead atoms. The van der Waals surface area contributed by atoms with Crippen molar-refractivity contribution in [3.63, 3.8) is 0 Å². The summed E-state index contributed by atoms with van der Waals surface area (Å²) < 4.78 is 7.79. The number of ether oxygens (including phenoxy) is 1. The summed E-state index contributed by atoms with van der Waals surface area (Å²) in [7, 11) is 0. The van der Waals surface area contributed by atoms with Crippen LogP contribution in [0.4, 0.5) is 0 Å². The molecule has 3 heteroatoms. The van der Waals surface area contributed by atoms with Crippen LogP contribution in [0.15, 0.2) is 18.3 Å². The summed E-state index contributed by atoms with van der Waals surface area (Å²) in [6.45, 7) is 6.81. The lowest BCUT2D eigenvalue weighted by Crippen LogP contribution is -2.20. The molecule has 1 heterocycles. The van der Waals surface area contributed by atoms with Crippen molar-refractivity contribution in [1.82, 2.24) is 4.57 Å². The van der Waals surface area contributed by atoms with Gasteiger partial charge in [0.05, 0.1) is 6.61 Å². The van der Waals surface area contributed by atoms with Crippen LogP contribution in [0, 0.1) is 0 Å². The van der Waals surface area contributed by atoms with Crippen molar-refractivity contribution < 1.29 is 4.74 Å². The van der Waals surface area contributed by atoms with Crippen LogP contribution in [0.1, 0.15) is 32.4 Å². The molecule has 0 fully saturated rings. The predicted octanol–water partition coefficient (Wildman–Crippen LogP) is 2.19. The monoisotopic (exact) mass is 224 g/mol. The topological polar surface area (TPSA) is 40.2 Å². The van der Waals surface area contributed by atoms with Gasteiger partial charge < -0.3 is 15.0 Å². The fourth-order valence-corrected chi connectivity index (χ4v) is 1.69. The Kier molecular flexibility index (Phi) is 6.19. The van der Waals surface area contributed by atoms with Crippen LogP contribution in [0.5, 0.6) is 0 Å². The quantitative estimate of drug-likeness (QED) is 0.688. The predicted molar refractivity (Wildman–Crippen MR) is 67.5 cm³/mol. The van der Waals surface area contributed by atoms with Gasteiger partial charge in [0.15, 0.2) is 0 Å². The van der Waals surface area contributed by atoms with Gasteiger partial charge in [-0.25, -0.2) is 0 Å². The maximum absolute atomic E-state index is 5.80. The average molecular weight is 224 g/mol. The first-order valence-electron chi connectivity index (χ1n) is 6.21. The number of rotatable bonds is 8. The van der Waals surface area contributed by atoms with E-state index >= 15 is 0 Å². The molecule has 0 radical (unpaired) electrons. The summed E-state index contributed by atoms with van der Waals surface area (Å²) in [5, 5.41) is 0. The van der Waals surface area contributed by atoms with E-state index in [-0.39, 0.29) is 6.04 Å². The van der Waals surface area contributed by atoms with E-state index in [1.54, 1.807) is 0 Å². The van der Waals surface area contributed by atoms with Gasteiger partial charge in [-0.15, -0.1) is 0 Å². The van der Waals surface area contributed by atoms with Crippen LogP contribution >= 0.6 is 0 Å². The Morgan fingerprint density at radius 2 is 2.25 bits per heavy atom. The van der Waals surface area contributed by atoms with E-state index in [1.807, 2.05) is 6.92 Å². The summed E-state index contributed by atoms with van der Waals surface area (Å²) in [5.41, 5.74) is 7.10. The molecule has 0 aromatic carbocycles. The highest BCUT2D eigenvalue weighted by Crippen LogP contribution is 2.05. The van der Waals surface area contributed by atoms with Crippen molar-refractivity contribution in [3.05, 3.63) is 24.0 Å². The minimum atomic E-state index is 0.217. The first-order chi connectivity index (χ1) is 7.74. The maximum Gasteiger partial charge on any atom is 0.0645 e. The first kappa shape index (κ1) is 13.3. The fourth-order valence-electron chi connectivity index (χ4n) is 1.69. The van der Waals surface area contributed by atoms with Gasteiger partial charge in [0, 0.05) is 37.5 Å². The van der Waals surface area contributed by atoms with Gasteiger partial charge in [-0.1, -0.05) is 13.3 Å². The Hall–Kier alpha value is -0.800. The zero-order valence-corrected chi connectivity index (χ0v) is 10.5. The molecular weight excluding hydrogens is 200 g/mol.